The van der Waals surface area contributed by atoms with Gasteiger partial charge in [-0.15, -0.1) is 0 Å². The Labute approximate surface area is 159 Å². The van der Waals surface area contributed by atoms with Crippen molar-refractivity contribution in [2.24, 2.45) is 0 Å². The minimum absolute atomic E-state index is 0.110. The van der Waals surface area contributed by atoms with Crippen molar-refractivity contribution < 1.29 is 9.32 Å². The summed E-state index contributed by atoms with van der Waals surface area (Å²) in [6.07, 6.45) is 1.79. The molecule has 1 saturated heterocycles. The zero-order chi connectivity index (χ0) is 18.8. The van der Waals surface area contributed by atoms with Crippen molar-refractivity contribution in [2.75, 3.05) is 6.54 Å². The fourth-order valence-corrected chi connectivity index (χ4v) is 3.69. The number of carbonyl (C=O) groups is 1. The number of benzene rings is 2. The first-order chi connectivity index (χ1) is 13.1. The van der Waals surface area contributed by atoms with Gasteiger partial charge in [0, 0.05) is 12.1 Å². The number of rotatable bonds is 4. The Morgan fingerprint density at radius 2 is 2.00 bits per heavy atom. The van der Waals surface area contributed by atoms with Crippen LogP contribution in [0.5, 0.6) is 0 Å². The quantitative estimate of drug-likeness (QED) is 0.686. The molecule has 2 heterocycles. The molecule has 1 amide bonds. The van der Waals surface area contributed by atoms with E-state index < -0.39 is 0 Å². The third-order valence-electron chi connectivity index (χ3n) is 5.21. The molecule has 0 unspecified atom stereocenters. The molecule has 1 aliphatic heterocycles. The van der Waals surface area contributed by atoms with Crippen LogP contribution in [0.4, 0.5) is 0 Å². The van der Waals surface area contributed by atoms with Crippen LogP contribution < -0.4 is 0 Å². The maximum atomic E-state index is 13.1. The van der Waals surface area contributed by atoms with E-state index in [2.05, 4.69) is 10.1 Å². The molecule has 0 N–H and O–H groups in total. The number of hydrogen-bond acceptors (Lipinski definition) is 4. The van der Waals surface area contributed by atoms with Gasteiger partial charge in [-0.25, -0.2) is 0 Å². The molecule has 1 fully saturated rings. The van der Waals surface area contributed by atoms with Crippen molar-refractivity contribution in [3.05, 3.63) is 71.6 Å². The molecule has 3 aromatic rings. The van der Waals surface area contributed by atoms with Crippen LogP contribution in [0.15, 0.2) is 59.1 Å². The first-order valence-corrected chi connectivity index (χ1v) is 9.39. The summed E-state index contributed by atoms with van der Waals surface area (Å²) in [5.74, 6) is 1.02. The van der Waals surface area contributed by atoms with Gasteiger partial charge in [-0.1, -0.05) is 59.3 Å². The van der Waals surface area contributed by atoms with Crippen molar-refractivity contribution in [3.8, 4) is 11.4 Å². The van der Waals surface area contributed by atoms with Crippen LogP contribution in [0.2, 0.25) is 0 Å². The Hall–Kier alpha value is -2.95. The van der Waals surface area contributed by atoms with E-state index in [4.69, 9.17) is 4.52 Å². The fourth-order valence-electron chi connectivity index (χ4n) is 3.69. The van der Waals surface area contributed by atoms with Crippen molar-refractivity contribution >= 4 is 5.91 Å². The lowest BCUT2D eigenvalue weighted by atomic mass is 9.99. The number of aryl methyl sites for hydroxylation is 1. The van der Waals surface area contributed by atoms with E-state index in [1.165, 1.54) is 0 Å². The normalized spacial score (nSPS) is 17.9. The molecular formula is C22H23N3O2. The average molecular weight is 361 g/mol. The van der Waals surface area contributed by atoms with E-state index >= 15 is 0 Å². The van der Waals surface area contributed by atoms with E-state index in [0.29, 0.717) is 11.7 Å². The topological polar surface area (TPSA) is 59.2 Å². The van der Waals surface area contributed by atoms with E-state index in [1.54, 1.807) is 0 Å². The lowest BCUT2D eigenvalue weighted by Crippen LogP contribution is -2.34. The summed E-state index contributed by atoms with van der Waals surface area (Å²) in [5, 5.41) is 4.14. The Bertz CT molecular complexity index is 935. The maximum absolute atomic E-state index is 13.1. The second-order valence-electron chi connectivity index (χ2n) is 7.15. The van der Waals surface area contributed by atoms with Gasteiger partial charge in [0.2, 0.25) is 17.6 Å². The second kappa shape index (κ2) is 7.35. The molecule has 0 radical (unpaired) electrons. The van der Waals surface area contributed by atoms with Gasteiger partial charge in [0.25, 0.3) is 0 Å². The minimum Gasteiger partial charge on any atom is -0.337 e. The highest BCUT2D eigenvalue weighted by molar-refractivity contribution is 5.84. The number of likely N-dealkylation sites (tertiary alicyclic amines) is 1. The first kappa shape index (κ1) is 17.5. The lowest BCUT2D eigenvalue weighted by molar-refractivity contribution is -0.133. The highest BCUT2D eigenvalue weighted by Crippen LogP contribution is 2.34. The predicted octanol–water partition coefficient (Wildman–Crippen LogP) is 4.51. The standard InChI is InChI=1S/C22H23N3O2/c1-15-8-6-11-18(14-15)20-23-21(27-24-20)19-12-7-13-25(19)22(26)16(2)17-9-4-3-5-10-17/h3-6,8-11,14,16,19H,7,12-13H2,1-2H3/t16-,19+/m1/s1. The van der Waals surface area contributed by atoms with Crippen molar-refractivity contribution in [3.63, 3.8) is 0 Å². The Kier molecular flexibility index (Phi) is 4.75. The van der Waals surface area contributed by atoms with Crippen LogP contribution in [-0.4, -0.2) is 27.5 Å². The van der Waals surface area contributed by atoms with E-state index in [1.807, 2.05) is 73.3 Å². The highest BCUT2D eigenvalue weighted by atomic mass is 16.5. The summed E-state index contributed by atoms with van der Waals surface area (Å²) in [5.41, 5.74) is 3.10. The van der Waals surface area contributed by atoms with Crippen LogP contribution in [-0.2, 0) is 4.79 Å². The summed E-state index contributed by atoms with van der Waals surface area (Å²) in [6, 6.07) is 17.8. The zero-order valence-electron chi connectivity index (χ0n) is 15.6. The molecule has 5 nitrogen and oxygen atoms in total. The SMILES string of the molecule is Cc1cccc(-c2noc([C@@H]3CCCN3C(=O)[C@H](C)c3ccccc3)n2)c1. The average Bonchev–Trinajstić information content (AvgIpc) is 3.37. The Morgan fingerprint density at radius 3 is 2.78 bits per heavy atom. The molecule has 138 valence electrons. The van der Waals surface area contributed by atoms with Crippen LogP contribution in [0, 0.1) is 6.92 Å². The molecule has 0 saturated carbocycles. The van der Waals surface area contributed by atoms with Crippen LogP contribution in [0.3, 0.4) is 0 Å². The van der Waals surface area contributed by atoms with Gasteiger partial charge >= 0.3 is 0 Å². The summed E-state index contributed by atoms with van der Waals surface area (Å²) >= 11 is 0. The molecule has 2 atom stereocenters. The van der Waals surface area contributed by atoms with Crippen molar-refractivity contribution in [2.45, 2.75) is 38.6 Å². The molecule has 2 aromatic carbocycles. The van der Waals surface area contributed by atoms with Crippen molar-refractivity contribution in [1.29, 1.82) is 0 Å². The van der Waals surface area contributed by atoms with E-state index in [0.717, 1.165) is 36.1 Å². The van der Waals surface area contributed by atoms with Crippen LogP contribution in [0.25, 0.3) is 11.4 Å². The van der Waals surface area contributed by atoms with Crippen molar-refractivity contribution in [1.82, 2.24) is 15.0 Å². The van der Waals surface area contributed by atoms with Gasteiger partial charge in [-0.3, -0.25) is 4.79 Å². The van der Waals surface area contributed by atoms with E-state index in [9.17, 15) is 4.79 Å². The largest absolute Gasteiger partial charge is 0.337 e. The molecule has 5 heteroatoms. The lowest BCUT2D eigenvalue weighted by Gasteiger charge is -2.25. The molecule has 1 aromatic heterocycles. The Morgan fingerprint density at radius 1 is 1.19 bits per heavy atom. The summed E-state index contributed by atoms with van der Waals surface area (Å²) in [4.78, 5) is 19.6. The zero-order valence-corrected chi connectivity index (χ0v) is 15.6. The molecular weight excluding hydrogens is 338 g/mol. The molecule has 0 aliphatic carbocycles. The Balaban J connectivity index is 1.56. The summed E-state index contributed by atoms with van der Waals surface area (Å²) in [6.45, 7) is 4.72. The molecule has 0 spiro atoms. The number of nitrogens with zero attached hydrogens (tertiary/aromatic N) is 3. The minimum atomic E-state index is -0.189. The number of hydrogen-bond donors (Lipinski definition) is 0. The molecule has 27 heavy (non-hydrogen) atoms. The second-order valence-corrected chi connectivity index (χ2v) is 7.15. The monoisotopic (exact) mass is 361 g/mol. The van der Waals surface area contributed by atoms with Gasteiger partial charge in [-0.05, 0) is 38.3 Å². The fraction of sp³-hybridized carbons (Fsp3) is 0.318. The number of carbonyl (C=O) groups excluding carboxylic acids is 1. The predicted molar refractivity (Wildman–Crippen MR) is 103 cm³/mol. The van der Waals surface area contributed by atoms with Gasteiger partial charge < -0.3 is 9.42 Å². The third kappa shape index (κ3) is 3.50. The van der Waals surface area contributed by atoms with Crippen LogP contribution >= 0.6 is 0 Å². The number of amides is 1. The van der Waals surface area contributed by atoms with Gasteiger partial charge in [0.05, 0.1) is 5.92 Å². The van der Waals surface area contributed by atoms with Gasteiger partial charge in [0.15, 0.2) is 0 Å². The highest BCUT2D eigenvalue weighted by Gasteiger charge is 2.36. The smallest absolute Gasteiger partial charge is 0.249 e. The van der Waals surface area contributed by atoms with Crippen LogP contribution in [0.1, 0.15) is 48.7 Å². The number of aromatic nitrogens is 2. The maximum Gasteiger partial charge on any atom is 0.249 e. The molecule has 0 bridgehead atoms. The first-order valence-electron chi connectivity index (χ1n) is 9.39. The van der Waals surface area contributed by atoms with Gasteiger partial charge in [0.1, 0.15) is 6.04 Å². The molecule has 4 rings (SSSR count). The van der Waals surface area contributed by atoms with E-state index in [-0.39, 0.29) is 17.9 Å². The third-order valence-corrected chi connectivity index (χ3v) is 5.21. The van der Waals surface area contributed by atoms with Gasteiger partial charge in [-0.2, -0.15) is 4.98 Å². The summed E-state index contributed by atoms with van der Waals surface area (Å²) < 4.78 is 5.55. The molecule has 1 aliphatic rings. The summed E-state index contributed by atoms with van der Waals surface area (Å²) in [7, 11) is 0.